The molecular formula is C45H37IrN3OSi-2. The topological polar surface area (TPSA) is 43.9 Å². The SMILES string of the molecule is C[Si](C)(C)c1ccc(-c2[c-]cccc2)nc1.Cc1cccc(C)c1-n1c(-c2[c-]ccc3c2oc2ccccc23)nc2cc3ccccc3cc21.[Ir]. The van der Waals surface area contributed by atoms with Crippen LogP contribution in [0.5, 0.6) is 0 Å². The van der Waals surface area contributed by atoms with Crippen molar-refractivity contribution in [1.29, 1.82) is 0 Å². The molecule has 0 aliphatic carbocycles. The van der Waals surface area contributed by atoms with E-state index in [1.807, 2.05) is 54.7 Å². The van der Waals surface area contributed by atoms with Gasteiger partial charge in [0.15, 0.2) is 0 Å². The normalized spacial score (nSPS) is 11.5. The fourth-order valence-corrected chi connectivity index (χ4v) is 7.76. The third-order valence-corrected chi connectivity index (χ3v) is 11.4. The number of fused-ring (bicyclic) bond motifs is 5. The number of benzene rings is 6. The predicted octanol–water partition coefficient (Wildman–Crippen LogP) is 11.3. The molecule has 3 heterocycles. The number of furan rings is 1. The monoisotopic (exact) mass is 856 g/mol. The first-order valence-corrected chi connectivity index (χ1v) is 20.5. The second kappa shape index (κ2) is 13.9. The second-order valence-corrected chi connectivity index (χ2v) is 18.9. The molecule has 0 amide bonds. The van der Waals surface area contributed by atoms with Gasteiger partial charge in [-0.05, 0) is 64.8 Å². The van der Waals surface area contributed by atoms with Gasteiger partial charge in [0.05, 0.1) is 30.5 Å². The van der Waals surface area contributed by atoms with E-state index in [2.05, 4.69) is 134 Å². The number of para-hydroxylation sites is 2. The summed E-state index contributed by atoms with van der Waals surface area (Å²) in [6.45, 7) is 11.3. The minimum atomic E-state index is -1.23. The number of aryl methyl sites for hydroxylation is 2. The van der Waals surface area contributed by atoms with Crippen LogP contribution in [0.4, 0.5) is 0 Å². The van der Waals surface area contributed by atoms with Crippen molar-refractivity contribution in [2.24, 2.45) is 0 Å². The van der Waals surface area contributed by atoms with E-state index in [4.69, 9.17) is 9.40 Å². The van der Waals surface area contributed by atoms with E-state index < -0.39 is 8.07 Å². The van der Waals surface area contributed by atoms with Gasteiger partial charge in [0.2, 0.25) is 0 Å². The molecule has 0 aliphatic heterocycles. The molecule has 0 atom stereocenters. The zero-order chi connectivity index (χ0) is 34.4. The molecule has 0 aliphatic rings. The summed E-state index contributed by atoms with van der Waals surface area (Å²) in [4.78, 5) is 9.70. The van der Waals surface area contributed by atoms with Gasteiger partial charge < -0.3 is 14.0 Å². The van der Waals surface area contributed by atoms with Crippen molar-refractivity contribution < 1.29 is 24.5 Å². The van der Waals surface area contributed by atoms with Crippen molar-refractivity contribution in [2.45, 2.75) is 33.5 Å². The van der Waals surface area contributed by atoms with Crippen molar-refractivity contribution in [2.75, 3.05) is 0 Å². The summed E-state index contributed by atoms with van der Waals surface area (Å²) < 4.78 is 8.66. The number of imidazole rings is 1. The minimum absolute atomic E-state index is 0. The second-order valence-electron chi connectivity index (χ2n) is 13.9. The first kappa shape index (κ1) is 34.3. The zero-order valence-electron chi connectivity index (χ0n) is 29.3. The third kappa shape index (κ3) is 6.47. The van der Waals surface area contributed by atoms with Gasteiger partial charge in [0, 0.05) is 37.4 Å². The molecule has 9 aromatic rings. The van der Waals surface area contributed by atoms with Crippen LogP contribution in [0.2, 0.25) is 19.6 Å². The van der Waals surface area contributed by atoms with Crippen LogP contribution in [-0.2, 0) is 20.1 Å². The van der Waals surface area contributed by atoms with Crippen LogP contribution >= 0.6 is 0 Å². The van der Waals surface area contributed by atoms with Gasteiger partial charge in [-0.2, -0.15) is 0 Å². The minimum Gasteiger partial charge on any atom is -0.501 e. The van der Waals surface area contributed by atoms with E-state index in [0.717, 1.165) is 61.3 Å². The molecule has 0 saturated heterocycles. The van der Waals surface area contributed by atoms with Gasteiger partial charge in [-0.3, -0.25) is 4.98 Å². The number of aromatic nitrogens is 3. The summed E-state index contributed by atoms with van der Waals surface area (Å²) in [6, 6.07) is 50.4. The molecule has 0 spiro atoms. The van der Waals surface area contributed by atoms with Crippen LogP contribution in [0, 0.1) is 26.0 Å². The van der Waals surface area contributed by atoms with Gasteiger partial charge in [-0.1, -0.05) is 103 Å². The first-order valence-electron chi connectivity index (χ1n) is 17.0. The summed E-state index contributed by atoms with van der Waals surface area (Å²) in [5, 5.41) is 5.95. The van der Waals surface area contributed by atoms with Gasteiger partial charge in [0.25, 0.3) is 0 Å². The maximum absolute atomic E-state index is 6.38. The Bertz CT molecular complexity index is 2630. The molecular weight excluding hydrogens is 819 g/mol. The Morgan fingerprint density at radius 1 is 0.686 bits per heavy atom. The van der Waals surface area contributed by atoms with Gasteiger partial charge in [0.1, 0.15) is 5.58 Å². The van der Waals surface area contributed by atoms with Gasteiger partial charge >= 0.3 is 0 Å². The van der Waals surface area contributed by atoms with Crippen LogP contribution in [-0.4, -0.2) is 22.6 Å². The smallest absolute Gasteiger partial charge is 0.120 e. The maximum Gasteiger partial charge on any atom is 0.120 e. The number of nitrogens with zero attached hydrogens (tertiary/aromatic N) is 3. The molecule has 9 rings (SSSR count). The van der Waals surface area contributed by atoms with Crippen molar-refractivity contribution in [3.63, 3.8) is 0 Å². The van der Waals surface area contributed by atoms with E-state index in [9.17, 15) is 0 Å². The number of pyridine rings is 1. The van der Waals surface area contributed by atoms with E-state index in [0.29, 0.717) is 0 Å². The van der Waals surface area contributed by atoms with Crippen molar-refractivity contribution in [1.82, 2.24) is 14.5 Å². The Balaban J connectivity index is 0.000000202. The Hall–Kier alpha value is -5.13. The summed E-state index contributed by atoms with van der Waals surface area (Å²) in [6.07, 6.45) is 2.02. The Labute approximate surface area is 313 Å². The molecule has 1 radical (unpaired) electrons. The van der Waals surface area contributed by atoms with E-state index in [-0.39, 0.29) is 20.1 Å². The molecule has 0 fully saturated rings. The van der Waals surface area contributed by atoms with Crippen LogP contribution in [0.25, 0.3) is 72.1 Å². The number of hydrogen-bond donors (Lipinski definition) is 0. The standard InChI is InChI=1S/C31H21N2O.C14H16NSi.Ir/c1-19-9-7-10-20(2)29(19)33-27-18-22-12-4-3-11-21(22)17-26(27)32-31(33)25-15-8-14-24-23-13-5-6-16-28(23)34-30(24)25;1-16(2,3)13-9-10-14(15-11-13)12-7-5-4-6-8-12;/h3-14,16-18H,1-2H3;4-7,9-11H,1-3H3;/q2*-1;. The number of rotatable bonds is 4. The molecule has 0 bridgehead atoms. The molecule has 253 valence electrons. The predicted molar refractivity (Wildman–Crippen MR) is 211 cm³/mol. The fraction of sp³-hybridized carbons (Fsp3) is 0.111. The largest absolute Gasteiger partial charge is 0.501 e. The Morgan fingerprint density at radius 2 is 1.41 bits per heavy atom. The molecule has 3 aromatic heterocycles. The van der Waals surface area contributed by atoms with Gasteiger partial charge in [-0.25, -0.2) is 0 Å². The maximum atomic E-state index is 6.38. The van der Waals surface area contributed by atoms with Crippen molar-refractivity contribution in [3.05, 3.63) is 157 Å². The third-order valence-electron chi connectivity index (χ3n) is 9.36. The summed E-state index contributed by atoms with van der Waals surface area (Å²) >= 11 is 0. The van der Waals surface area contributed by atoms with Crippen molar-refractivity contribution in [3.8, 4) is 28.3 Å². The molecule has 6 aromatic carbocycles. The summed E-state index contributed by atoms with van der Waals surface area (Å²) in [5.74, 6) is 0.840. The summed E-state index contributed by atoms with van der Waals surface area (Å²) in [5.41, 5.74) is 10.2. The molecule has 0 saturated carbocycles. The van der Waals surface area contributed by atoms with E-state index in [1.165, 1.54) is 27.1 Å². The molecule has 0 N–H and O–H groups in total. The quantitative estimate of drug-likeness (QED) is 0.131. The average Bonchev–Trinajstić information content (AvgIpc) is 3.69. The summed E-state index contributed by atoms with van der Waals surface area (Å²) in [7, 11) is -1.23. The fourth-order valence-electron chi connectivity index (χ4n) is 6.72. The Morgan fingerprint density at radius 3 is 2.12 bits per heavy atom. The molecule has 6 heteroatoms. The average molecular weight is 856 g/mol. The zero-order valence-corrected chi connectivity index (χ0v) is 32.7. The molecule has 51 heavy (non-hydrogen) atoms. The number of hydrogen-bond acceptors (Lipinski definition) is 3. The molecule has 4 nitrogen and oxygen atoms in total. The van der Waals surface area contributed by atoms with E-state index in [1.54, 1.807) is 0 Å². The Kier molecular flexibility index (Phi) is 9.34. The van der Waals surface area contributed by atoms with Gasteiger partial charge in [-0.15, -0.1) is 54.1 Å². The van der Waals surface area contributed by atoms with Crippen LogP contribution in [0.1, 0.15) is 11.1 Å². The molecule has 0 unspecified atom stereocenters. The van der Waals surface area contributed by atoms with Crippen LogP contribution in [0.15, 0.2) is 138 Å². The van der Waals surface area contributed by atoms with Crippen molar-refractivity contribution >= 4 is 57.0 Å². The first-order chi connectivity index (χ1) is 24.3. The van der Waals surface area contributed by atoms with E-state index >= 15 is 0 Å². The van der Waals surface area contributed by atoms with Crippen LogP contribution in [0.3, 0.4) is 0 Å². The van der Waals surface area contributed by atoms with Crippen LogP contribution < -0.4 is 5.19 Å².